The Bertz CT molecular complexity index is 642. The van der Waals surface area contributed by atoms with E-state index in [0.29, 0.717) is 18.6 Å². The maximum atomic E-state index is 11.4. The summed E-state index contributed by atoms with van der Waals surface area (Å²) in [7, 11) is 0. The van der Waals surface area contributed by atoms with Gasteiger partial charge in [0, 0.05) is 18.6 Å². The van der Waals surface area contributed by atoms with Gasteiger partial charge in [-0.25, -0.2) is 50.4 Å². The third kappa shape index (κ3) is 79.0. The SMILES string of the molecule is C=CC(=O)OCC(CCCC)(OOC(=O)C=C)Oc1ccccc1.[CH2]C[O].[CH2]C[O].[CH2]C[O].[CH2]C[O].[CH2]C[O].[CH2]C[O].[CH2]C[O].[CH2]C[O]. The van der Waals surface area contributed by atoms with Crippen molar-refractivity contribution < 1.29 is 69.7 Å². The molecular weight excluding hydrogens is 632 g/mol. The molecule has 16 radical (unpaired) electrons. The average molecular weight is 687 g/mol. The van der Waals surface area contributed by atoms with Crippen molar-refractivity contribution in [2.45, 2.75) is 32.0 Å². The van der Waals surface area contributed by atoms with Gasteiger partial charge in [-0.05, 0) is 73.9 Å². The van der Waals surface area contributed by atoms with E-state index in [1.807, 2.05) is 13.0 Å². The second-order valence-corrected chi connectivity index (χ2v) is 6.56. The number of ether oxygens (including phenoxy) is 2. The number of hydrogen-bond acceptors (Lipinski definition) is 6. The van der Waals surface area contributed by atoms with Crippen LogP contribution >= 0.6 is 0 Å². The van der Waals surface area contributed by atoms with Gasteiger partial charge in [0.2, 0.25) is 0 Å². The van der Waals surface area contributed by atoms with Gasteiger partial charge in [0.15, 0.2) is 6.61 Å². The molecule has 1 unspecified atom stereocenters. The van der Waals surface area contributed by atoms with E-state index in [2.05, 4.69) is 68.5 Å². The normalized spacial score (nSPS) is 9.27. The molecule has 48 heavy (non-hydrogen) atoms. The lowest BCUT2D eigenvalue weighted by molar-refractivity contribution is -0.390. The van der Waals surface area contributed by atoms with E-state index in [1.54, 1.807) is 24.3 Å². The fourth-order valence-electron chi connectivity index (χ4n) is 1.78. The van der Waals surface area contributed by atoms with Crippen molar-refractivity contribution >= 4 is 11.9 Å². The van der Waals surface area contributed by atoms with Gasteiger partial charge in [-0.2, -0.15) is 0 Å². The van der Waals surface area contributed by atoms with Crippen LogP contribution < -0.4 is 4.74 Å². The Kier molecular flexibility index (Phi) is 88.2. The molecule has 0 amide bonds. The smallest absolute Gasteiger partial charge is 0.365 e. The summed E-state index contributed by atoms with van der Waals surface area (Å²) >= 11 is 0. The molecule has 1 rings (SSSR count). The van der Waals surface area contributed by atoms with Crippen LogP contribution in [-0.4, -0.2) is 77.2 Å². The third-order valence-electron chi connectivity index (χ3n) is 3.00. The Morgan fingerprint density at radius 1 is 0.625 bits per heavy atom. The summed E-state index contributed by atoms with van der Waals surface area (Å²) in [5.41, 5.74) is 0. The van der Waals surface area contributed by atoms with Crippen molar-refractivity contribution in [3.63, 3.8) is 0 Å². The minimum Gasteiger partial charge on any atom is -0.455 e. The number of para-hydroxylation sites is 1. The first kappa shape index (κ1) is 63.7. The number of carbonyl (C=O) groups is 2. The van der Waals surface area contributed by atoms with E-state index >= 15 is 0 Å². The van der Waals surface area contributed by atoms with Crippen molar-refractivity contribution in [3.8, 4) is 5.75 Å². The highest BCUT2D eigenvalue weighted by Crippen LogP contribution is 2.26. The van der Waals surface area contributed by atoms with Gasteiger partial charge >= 0.3 is 11.9 Å². The first-order valence-electron chi connectivity index (χ1n) is 13.9. The van der Waals surface area contributed by atoms with Gasteiger partial charge in [0.25, 0.3) is 5.79 Å². The molecule has 0 spiro atoms. The molecule has 0 saturated heterocycles. The average Bonchev–Trinajstić information content (AvgIpc) is 3.05. The third-order valence-corrected chi connectivity index (χ3v) is 3.00. The number of rotatable bonds is 11. The summed E-state index contributed by atoms with van der Waals surface area (Å²) in [5.74, 6) is -2.39. The number of unbranched alkanes of at least 4 members (excludes halogenated alkanes) is 1. The predicted molar refractivity (Wildman–Crippen MR) is 175 cm³/mol. The largest absolute Gasteiger partial charge is 0.455 e. The molecule has 1 atom stereocenters. The Labute approximate surface area is 289 Å². The van der Waals surface area contributed by atoms with Crippen LogP contribution in [0.15, 0.2) is 55.6 Å². The van der Waals surface area contributed by atoms with Gasteiger partial charge in [-0.1, -0.05) is 44.7 Å². The first-order valence-corrected chi connectivity index (χ1v) is 13.9. The summed E-state index contributed by atoms with van der Waals surface area (Å²) < 4.78 is 10.9. The summed E-state index contributed by atoms with van der Waals surface area (Å²) in [6, 6.07) is 8.83. The van der Waals surface area contributed by atoms with Gasteiger partial charge in [-0.3, -0.25) is 4.89 Å². The molecule has 1 aromatic rings. The fourth-order valence-corrected chi connectivity index (χ4v) is 1.78. The van der Waals surface area contributed by atoms with Gasteiger partial charge < -0.3 is 9.47 Å². The molecule has 274 valence electrons. The molecule has 14 nitrogen and oxygen atoms in total. The zero-order valence-corrected chi connectivity index (χ0v) is 28.3. The Morgan fingerprint density at radius 2 is 0.958 bits per heavy atom. The highest BCUT2D eigenvalue weighted by Gasteiger charge is 2.38. The van der Waals surface area contributed by atoms with Gasteiger partial charge in [0.1, 0.15) is 5.75 Å². The van der Waals surface area contributed by atoms with E-state index in [-0.39, 0.29) is 59.5 Å². The molecule has 0 aromatic heterocycles. The van der Waals surface area contributed by atoms with Crippen molar-refractivity contribution in [1.82, 2.24) is 0 Å². The Morgan fingerprint density at radius 3 is 1.25 bits per heavy atom. The van der Waals surface area contributed by atoms with Crippen LogP contribution in [0.4, 0.5) is 0 Å². The van der Waals surface area contributed by atoms with E-state index in [4.69, 9.17) is 60.1 Å². The van der Waals surface area contributed by atoms with Gasteiger partial charge in [-0.15, -0.1) is 4.89 Å². The molecule has 14 heteroatoms. The van der Waals surface area contributed by atoms with Crippen molar-refractivity contribution in [2.24, 2.45) is 0 Å². The minimum atomic E-state index is -1.46. The summed E-state index contributed by atoms with van der Waals surface area (Å²) in [6.07, 6.45) is 3.87. The highest BCUT2D eigenvalue weighted by atomic mass is 17.2. The first-order chi connectivity index (χ1) is 22.9. The second kappa shape index (κ2) is 66.5. The maximum Gasteiger partial charge on any atom is 0.365 e. The quantitative estimate of drug-likeness (QED) is 0.0978. The molecule has 0 aliphatic rings. The standard InChI is InChI=1S/C18H22O6.8C2H4O/c1-4-7-13-18(14-21-16(19)5-2,24-23-17(20)6-3)22-15-11-9-8-10-12-15;8*1-2-3/h5-6,8-12H,2-4,7,13-14H2,1H3;8*1-2H2. The Hall–Kier alpha value is -2.92. The lowest BCUT2D eigenvalue weighted by atomic mass is 10.1. The molecule has 0 heterocycles. The van der Waals surface area contributed by atoms with Gasteiger partial charge in [0.05, 0.1) is 52.9 Å². The molecule has 0 aliphatic carbocycles. The second-order valence-electron chi connectivity index (χ2n) is 6.56. The highest BCUT2D eigenvalue weighted by molar-refractivity contribution is 5.81. The number of benzene rings is 1. The van der Waals surface area contributed by atoms with Crippen LogP contribution in [0.5, 0.6) is 5.75 Å². The monoisotopic (exact) mass is 686 g/mol. The topological polar surface area (TPSA) is 230 Å². The maximum absolute atomic E-state index is 11.4. The zero-order valence-electron chi connectivity index (χ0n) is 28.3. The van der Waals surface area contributed by atoms with E-state index in [0.717, 1.165) is 18.6 Å². The van der Waals surface area contributed by atoms with Crippen LogP contribution in [0.25, 0.3) is 0 Å². The van der Waals surface area contributed by atoms with E-state index in [9.17, 15) is 9.59 Å². The van der Waals surface area contributed by atoms with Crippen LogP contribution in [0.1, 0.15) is 26.2 Å². The Balaban J connectivity index is -0.0000000904. The number of esters is 1. The lowest BCUT2D eigenvalue weighted by Crippen LogP contribution is -2.45. The molecular formula is C34H54O14. The lowest BCUT2D eigenvalue weighted by Gasteiger charge is -2.31. The minimum absolute atomic E-state index is 0.250. The van der Waals surface area contributed by atoms with Crippen LogP contribution in [0, 0.1) is 55.4 Å². The predicted octanol–water partition coefficient (Wildman–Crippen LogP) is 5.35. The molecule has 0 saturated carbocycles. The van der Waals surface area contributed by atoms with Crippen LogP contribution in [0.2, 0.25) is 0 Å². The van der Waals surface area contributed by atoms with E-state index in [1.165, 1.54) is 0 Å². The summed E-state index contributed by atoms with van der Waals surface area (Å²) in [5, 5.41) is 70.6. The molecule has 0 N–H and O–H groups in total. The molecule has 0 aliphatic heterocycles. The number of carbonyl (C=O) groups excluding carboxylic acids is 2. The summed E-state index contributed by atoms with van der Waals surface area (Å²) in [6.45, 7) is 29.8. The van der Waals surface area contributed by atoms with Crippen molar-refractivity contribution in [2.75, 3.05) is 59.5 Å². The molecule has 0 bridgehead atoms. The summed E-state index contributed by atoms with van der Waals surface area (Å²) in [4.78, 5) is 32.7. The zero-order chi connectivity index (χ0) is 39.5. The van der Waals surface area contributed by atoms with E-state index < -0.39 is 17.7 Å². The molecule has 1 aromatic carbocycles. The number of hydrogen-bond donors (Lipinski definition) is 0. The van der Waals surface area contributed by atoms with Crippen LogP contribution in [0.3, 0.4) is 0 Å². The van der Waals surface area contributed by atoms with Crippen molar-refractivity contribution in [3.05, 3.63) is 111 Å². The van der Waals surface area contributed by atoms with Crippen molar-refractivity contribution in [1.29, 1.82) is 0 Å². The van der Waals surface area contributed by atoms with Crippen LogP contribution in [-0.2, 0) is 65.0 Å². The fraction of sp³-hybridized carbons (Fsp3) is 0.412. The molecule has 0 fully saturated rings.